The van der Waals surface area contributed by atoms with E-state index < -0.39 is 0 Å². The SMILES string of the molecule is COC(=O)CCc1ccc(Br)nc1. The quantitative estimate of drug-likeness (QED) is 0.602. The minimum absolute atomic E-state index is 0.192. The number of halogens is 1. The van der Waals surface area contributed by atoms with Crippen molar-refractivity contribution in [2.75, 3.05) is 7.11 Å². The fourth-order valence-corrected chi connectivity index (χ4v) is 1.14. The van der Waals surface area contributed by atoms with Crippen molar-refractivity contribution in [1.29, 1.82) is 0 Å². The van der Waals surface area contributed by atoms with Crippen molar-refractivity contribution in [1.82, 2.24) is 4.98 Å². The van der Waals surface area contributed by atoms with Gasteiger partial charge in [-0.2, -0.15) is 0 Å². The number of hydrogen-bond donors (Lipinski definition) is 0. The first-order chi connectivity index (χ1) is 6.22. The zero-order valence-electron chi connectivity index (χ0n) is 7.29. The van der Waals surface area contributed by atoms with Crippen LogP contribution in [0.5, 0.6) is 0 Å². The van der Waals surface area contributed by atoms with E-state index in [1.807, 2.05) is 12.1 Å². The Kier molecular flexibility index (Phi) is 3.89. The Labute approximate surface area is 85.3 Å². The summed E-state index contributed by atoms with van der Waals surface area (Å²) in [6, 6.07) is 3.78. The molecule has 0 saturated carbocycles. The number of aryl methyl sites for hydroxylation is 1. The molecule has 1 heterocycles. The molecule has 0 bridgehead atoms. The molecule has 0 N–H and O–H groups in total. The van der Waals surface area contributed by atoms with Gasteiger partial charge in [0.1, 0.15) is 4.60 Å². The lowest BCUT2D eigenvalue weighted by atomic mass is 10.2. The van der Waals surface area contributed by atoms with Crippen LogP contribution >= 0.6 is 15.9 Å². The van der Waals surface area contributed by atoms with E-state index in [0.717, 1.165) is 10.2 Å². The van der Waals surface area contributed by atoms with Crippen LogP contribution in [0.15, 0.2) is 22.9 Å². The van der Waals surface area contributed by atoms with E-state index in [0.29, 0.717) is 12.8 Å². The lowest BCUT2D eigenvalue weighted by Crippen LogP contribution is -2.01. The van der Waals surface area contributed by atoms with Gasteiger partial charge in [0.25, 0.3) is 0 Å². The third-order valence-corrected chi connectivity index (χ3v) is 2.10. The van der Waals surface area contributed by atoms with Crippen molar-refractivity contribution in [3.8, 4) is 0 Å². The molecule has 0 unspecified atom stereocenters. The zero-order valence-corrected chi connectivity index (χ0v) is 8.87. The molecule has 1 rings (SSSR count). The molecular formula is C9H10BrNO2. The summed E-state index contributed by atoms with van der Waals surface area (Å²) in [6.45, 7) is 0. The van der Waals surface area contributed by atoms with Gasteiger partial charge in [-0.3, -0.25) is 4.79 Å². The van der Waals surface area contributed by atoms with Crippen molar-refractivity contribution in [2.24, 2.45) is 0 Å². The lowest BCUT2D eigenvalue weighted by molar-refractivity contribution is -0.140. The number of methoxy groups -OCH3 is 1. The average Bonchev–Trinajstić information content (AvgIpc) is 2.16. The minimum Gasteiger partial charge on any atom is -0.469 e. The highest BCUT2D eigenvalue weighted by atomic mass is 79.9. The van der Waals surface area contributed by atoms with Crippen LogP contribution in [-0.2, 0) is 16.0 Å². The molecule has 1 aromatic heterocycles. The van der Waals surface area contributed by atoms with Crippen LogP contribution in [0.25, 0.3) is 0 Å². The summed E-state index contributed by atoms with van der Waals surface area (Å²) in [6.07, 6.45) is 2.82. The van der Waals surface area contributed by atoms with Crippen molar-refractivity contribution in [2.45, 2.75) is 12.8 Å². The Morgan fingerprint density at radius 1 is 1.62 bits per heavy atom. The Balaban J connectivity index is 2.46. The summed E-state index contributed by atoms with van der Waals surface area (Å²) in [5, 5.41) is 0. The van der Waals surface area contributed by atoms with E-state index in [-0.39, 0.29) is 5.97 Å². The van der Waals surface area contributed by atoms with Crippen LogP contribution in [0.1, 0.15) is 12.0 Å². The second-order valence-corrected chi connectivity index (χ2v) is 3.38. The van der Waals surface area contributed by atoms with Crippen molar-refractivity contribution in [3.63, 3.8) is 0 Å². The van der Waals surface area contributed by atoms with E-state index in [2.05, 4.69) is 25.7 Å². The molecule has 0 spiro atoms. The van der Waals surface area contributed by atoms with Gasteiger partial charge in [-0.15, -0.1) is 0 Å². The summed E-state index contributed by atoms with van der Waals surface area (Å²) < 4.78 is 5.33. The highest BCUT2D eigenvalue weighted by molar-refractivity contribution is 9.10. The normalized spacial score (nSPS) is 9.69. The van der Waals surface area contributed by atoms with Crippen LogP contribution in [-0.4, -0.2) is 18.1 Å². The fourth-order valence-electron chi connectivity index (χ4n) is 0.903. The van der Waals surface area contributed by atoms with Gasteiger partial charge in [-0.1, -0.05) is 6.07 Å². The molecule has 3 nitrogen and oxygen atoms in total. The molecule has 0 aliphatic carbocycles. The average molecular weight is 244 g/mol. The number of ether oxygens (including phenoxy) is 1. The molecular weight excluding hydrogens is 234 g/mol. The number of carbonyl (C=O) groups is 1. The summed E-state index contributed by atoms with van der Waals surface area (Å²) in [4.78, 5) is 14.8. The van der Waals surface area contributed by atoms with Gasteiger partial charge in [0.05, 0.1) is 7.11 Å². The van der Waals surface area contributed by atoms with Crippen molar-refractivity contribution in [3.05, 3.63) is 28.5 Å². The van der Waals surface area contributed by atoms with Crippen LogP contribution in [0, 0.1) is 0 Å². The van der Waals surface area contributed by atoms with Crippen LogP contribution < -0.4 is 0 Å². The smallest absolute Gasteiger partial charge is 0.305 e. The van der Waals surface area contributed by atoms with Gasteiger partial charge in [0.15, 0.2) is 0 Å². The Morgan fingerprint density at radius 3 is 2.92 bits per heavy atom. The largest absolute Gasteiger partial charge is 0.469 e. The standard InChI is InChI=1S/C9H10BrNO2/c1-13-9(12)5-3-7-2-4-8(10)11-6-7/h2,4,6H,3,5H2,1H3. The monoisotopic (exact) mass is 243 g/mol. The van der Waals surface area contributed by atoms with Gasteiger partial charge < -0.3 is 4.74 Å². The highest BCUT2D eigenvalue weighted by Gasteiger charge is 2.01. The number of esters is 1. The lowest BCUT2D eigenvalue weighted by Gasteiger charge is -1.99. The first kappa shape index (κ1) is 10.2. The molecule has 70 valence electrons. The first-order valence-electron chi connectivity index (χ1n) is 3.89. The molecule has 0 aliphatic heterocycles. The topological polar surface area (TPSA) is 39.2 Å². The Hall–Kier alpha value is -0.900. The number of rotatable bonds is 3. The second-order valence-electron chi connectivity index (χ2n) is 2.57. The Morgan fingerprint density at radius 2 is 2.38 bits per heavy atom. The van der Waals surface area contributed by atoms with E-state index in [1.54, 1.807) is 6.20 Å². The zero-order chi connectivity index (χ0) is 9.68. The van der Waals surface area contributed by atoms with Gasteiger partial charge in [0, 0.05) is 12.6 Å². The molecule has 0 atom stereocenters. The van der Waals surface area contributed by atoms with Gasteiger partial charge in [-0.25, -0.2) is 4.98 Å². The third kappa shape index (κ3) is 3.55. The molecule has 0 saturated heterocycles. The number of carbonyl (C=O) groups excluding carboxylic acids is 1. The Bertz CT molecular complexity index is 284. The molecule has 0 amide bonds. The second kappa shape index (κ2) is 4.97. The molecule has 1 aromatic rings. The van der Waals surface area contributed by atoms with Crippen LogP contribution in [0.3, 0.4) is 0 Å². The number of hydrogen-bond acceptors (Lipinski definition) is 3. The van der Waals surface area contributed by atoms with Crippen LogP contribution in [0.4, 0.5) is 0 Å². The number of nitrogens with zero attached hydrogens (tertiary/aromatic N) is 1. The van der Waals surface area contributed by atoms with Crippen molar-refractivity contribution < 1.29 is 9.53 Å². The van der Waals surface area contributed by atoms with Gasteiger partial charge >= 0.3 is 5.97 Å². The molecule has 0 aliphatic rings. The molecule has 0 fully saturated rings. The highest BCUT2D eigenvalue weighted by Crippen LogP contribution is 2.08. The third-order valence-electron chi connectivity index (χ3n) is 1.63. The maximum Gasteiger partial charge on any atom is 0.305 e. The molecule has 13 heavy (non-hydrogen) atoms. The van der Waals surface area contributed by atoms with E-state index in [4.69, 9.17) is 0 Å². The number of pyridine rings is 1. The summed E-state index contributed by atoms with van der Waals surface area (Å²) in [5.41, 5.74) is 1.04. The maximum atomic E-state index is 10.8. The number of aromatic nitrogens is 1. The van der Waals surface area contributed by atoms with E-state index in [1.165, 1.54) is 7.11 Å². The summed E-state index contributed by atoms with van der Waals surface area (Å²) >= 11 is 3.24. The predicted molar refractivity (Wildman–Crippen MR) is 52.3 cm³/mol. The molecule has 0 radical (unpaired) electrons. The fraction of sp³-hybridized carbons (Fsp3) is 0.333. The summed E-state index contributed by atoms with van der Waals surface area (Å²) in [5.74, 6) is -0.192. The van der Waals surface area contributed by atoms with Crippen molar-refractivity contribution >= 4 is 21.9 Å². The first-order valence-corrected chi connectivity index (χ1v) is 4.69. The predicted octanol–water partition coefficient (Wildman–Crippen LogP) is 1.95. The summed E-state index contributed by atoms with van der Waals surface area (Å²) in [7, 11) is 1.39. The van der Waals surface area contributed by atoms with Gasteiger partial charge in [0.2, 0.25) is 0 Å². The van der Waals surface area contributed by atoms with Gasteiger partial charge in [-0.05, 0) is 34.0 Å². The molecule has 4 heteroatoms. The van der Waals surface area contributed by atoms with Crippen LogP contribution in [0.2, 0.25) is 0 Å². The minimum atomic E-state index is -0.192. The van der Waals surface area contributed by atoms with E-state index in [9.17, 15) is 4.79 Å². The maximum absolute atomic E-state index is 10.8. The molecule has 0 aromatic carbocycles. The van der Waals surface area contributed by atoms with E-state index >= 15 is 0 Å².